The number of hydrogen-bond acceptors (Lipinski definition) is 4. The van der Waals surface area contributed by atoms with Crippen LogP contribution in [-0.2, 0) is 11.2 Å². The van der Waals surface area contributed by atoms with E-state index in [1.807, 2.05) is 24.3 Å². The fourth-order valence-electron chi connectivity index (χ4n) is 4.16. The summed E-state index contributed by atoms with van der Waals surface area (Å²) < 4.78 is 14.7. The highest BCUT2D eigenvalue weighted by Crippen LogP contribution is 2.34. The van der Waals surface area contributed by atoms with Crippen LogP contribution in [0.3, 0.4) is 0 Å². The third kappa shape index (κ3) is 4.08. The van der Waals surface area contributed by atoms with Crippen molar-refractivity contribution in [1.29, 1.82) is 0 Å². The van der Waals surface area contributed by atoms with Gasteiger partial charge in [0.15, 0.2) is 0 Å². The van der Waals surface area contributed by atoms with Crippen molar-refractivity contribution < 1.29 is 19.1 Å². The Morgan fingerprint density at radius 2 is 2.03 bits per heavy atom. The Labute approximate surface area is 178 Å². The summed E-state index contributed by atoms with van der Waals surface area (Å²) in [6, 6.07) is 12.5. The normalized spacial score (nSPS) is 16.8. The van der Waals surface area contributed by atoms with E-state index < -0.39 is 5.97 Å². The van der Waals surface area contributed by atoms with E-state index in [1.54, 1.807) is 19.1 Å². The van der Waals surface area contributed by atoms with E-state index >= 15 is 0 Å². The van der Waals surface area contributed by atoms with E-state index in [4.69, 9.17) is 0 Å². The van der Waals surface area contributed by atoms with Crippen LogP contribution in [0.5, 0.6) is 0 Å². The van der Waals surface area contributed by atoms with Crippen molar-refractivity contribution in [2.45, 2.75) is 32.2 Å². The minimum absolute atomic E-state index is 0.0977. The second-order valence-corrected chi connectivity index (χ2v) is 8.69. The number of hydrogen-bond donors (Lipinski definition) is 2. The van der Waals surface area contributed by atoms with Crippen molar-refractivity contribution in [3.05, 3.63) is 64.3 Å². The predicted octanol–water partition coefficient (Wildman–Crippen LogP) is 4.69. The minimum atomic E-state index is -0.907. The molecule has 0 spiro atoms. The lowest BCUT2D eigenvalue weighted by atomic mass is 10.0. The highest BCUT2D eigenvalue weighted by molar-refractivity contribution is 7.21. The van der Waals surface area contributed by atoms with Gasteiger partial charge in [-0.15, -0.1) is 11.3 Å². The molecule has 30 heavy (non-hydrogen) atoms. The van der Waals surface area contributed by atoms with Crippen LogP contribution in [0, 0.1) is 12.7 Å². The number of carboxylic acids is 1. The van der Waals surface area contributed by atoms with Crippen LogP contribution >= 0.6 is 11.3 Å². The number of thiophene rings is 1. The van der Waals surface area contributed by atoms with Gasteiger partial charge in [0.2, 0.25) is 5.91 Å². The Kier molecular flexibility index (Phi) is 5.83. The van der Waals surface area contributed by atoms with Gasteiger partial charge in [-0.25, -0.2) is 9.18 Å². The van der Waals surface area contributed by atoms with Crippen LogP contribution < -0.4 is 5.32 Å². The number of rotatable bonds is 6. The van der Waals surface area contributed by atoms with E-state index in [0.717, 1.165) is 35.0 Å². The summed E-state index contributed by atoms with van der Waals surface area (Å²) in [6.07, 6.45) is 2.47. The lowest BCUT2D eigenvalue weighted by molar-refractivity contribution is -0.117. The van der Waals surface area contributed by atoms with Crippen LogP contribution in [0.1, 0.15) is 33.6 Å². The molecule has 1 aliphatic rings. The molecule has 0 radical (unpaired) electrons. The summed E-state index contributed by atoms with van der Waals surface area (Å²) in [4.78, 5) is 26.9. The number of nitrogens with zero attached hydrogens (tertiary/aromatic N) is 1. The molecule has 0 unspecified atom stereocenters. The van der Waals surface area contributed by atoms with Gasteiger partial charge in [-0.1, -0.05) is 24.3 Å². The minimum Gasteiger partial charge on any atom is -0.477 e. The number of halogens is 1. The summed E-state index contributed by atoms with van der Waals surface area (Å²) in [6.45, 7) is 2.62. The van der Waals surface area contributed by atoms with Gasteiger partial charge in [0.25, 0.3) is 0 Å². The fraction of sp³-hybridized carbons (Fsp3) is 0.304. The van der Waals surface area contributed by atoms with Gasteiger partial charge in [0, 0.05) is 22.0 Å². The first-order valence-corrected chi connectivity index (χ1v) is 10.8. The van der Waals surface area contributed by atoms with Crippen LogP contribution in [0.25, 0.3) is 10.1 Å². The fourth-order valence-corrected chi connectivity index (χ4v) is 5.23. The number of anilines is 1. The van der Waals surface area contributed by atoms with Gasteiger partial charge in [0.05, 0.1) is 6.54 Å². The number of likely N-dealkylation sites (tertiary alicyclic amines) is 1. The number of carbonyl (C=O) groups excluding carboxylic acids is 1. The standard InChI is InChI=1S/C23H23FN2O3S/c1-14-18(24)8-4-9-19(14)25-21(27)13-26-11-5-6-15(26)12-17-16-7-2-3-10-20(16)30-22(17)23(28)29/h2-4,7-10,15H,5-6,11-13H2,1H3,(H,25,27)(H,28,29)/t15-/m0/s1. The van der Waals surface area contributed by atoms with Crippen molar-refractivity contribution in [3.63, 3.8) is 0 Å². The number of fused-ring (bicyclic) bond motifs is 1. The molecule has 1 amide bonds. The topological polar surface area (TPSA) is 69.6 Å². The van der Waals surface area contributed by atoms with E-state index in [0.29, 0.717) is 22.5 Å². The zero-order valence-corrected chi connectivity index (χ0v) is 17.5. The van der Waals surface area contributed by atoms with E-state index in [2.05, 4.69) is 10.2 Å². The Hall–Kier alpha value is -2.77. The van der Waals surface area contributed by atoms with Crippen LogP contribution in [0.15, 0.2) is 42.5 Å². The van der Waals surface area contributed by atoms with E-state index in [-0.39, 0.29) is 24.3 Å². The molecule has 0 bridgehead atoms. The van der Waals surface area contributed by atoms with E-state index in [1.165, 1.54) is 17.4 Å². The highest BCUT2D eigenvalue weighted by atomic mass is 32.1. The SMILES string of the molecule is Cc1c(F)cccc1NC(=O)CN1CCC[C@H]1Cc1c(C(=O)O)sc2ccccc12. The molecule has 7 heteroatoms. The Morgan fingerprint density at radius 1 is 1.23 bits per heavy atom. The molecule has 0 saturated carbocycles. The molecule has 156 valence electrons. The van der Waals surface area contributed by atoms with Gasteiger partial charge in [-0.3, -0.25) is 9.69 Å². The van der Waals surface area contributed by atoms with Crippen molar-refractivity contribution >= 4 is 39.0 Å². The van der Waals surface area contributed by atoms with E-state index in [9.17, 15) is 19.1 Å². The van der Waals surface area contributed by atoms with Gasteiger partial charge < -0.3 is 10.4 Å². The maximum Gasteiger partial charge on any atom is 0.346 e. The molecule has 1 atom stereocenters. The first-order valence-electron chi connectivity index (χ1n) is 9.96. The number of aromatic carboxylic acids is 1. The molecule has 3 aromatic rings. The number of benzene rings is 2. The lowest BCUT2D eigenvalue weighted by Crippen LogP contribution is -2.38. The van der Waals surface area contributed by atoms with Gasteiger partial charge in [-0.05, 0) is 61.9 Å². The maximum atomic E-state index is 13.7. The number of amides is 1. The van der Waals surface area contributed by atoms with Gasteiger partial charge >= 0.3 is 5.97 Å². The van der Waals surface area contributed by atoms with Gasteiger partial charge in [0.1, 0.15) is 10.7 Å². The second kappa shape index (κ2) is 8.53. The third-order valence-corrected chi connectivity index (χ3v) is 6.92. The highest BCUT2D eigenvalue weighted by Gasteiger charge is 2.29. The molecule has 1 aromatic heterocycles. The molecule has 1 fully saturated rings. The Bertz CT molecular complexity index is 1110. The zero-order chi connectivity index (χ0) is 21.3. The molecule has 1 aliphatic heterocycles. The second-order valence-electron chi connectivity index (χ2n) is 7.64. The van der Waals surface area contributed by atoms with Crippen LogP contribution in [-0.4, -0.2) is 41.0 Å². The lowest BCUT2D eigenvalue weighted by Gasteiger charge is -2.24. The summed E-state index contributed by atoms with van der Waals surface area (Å²) >= 11 is 1.30. The van der Waals surface area contributed by atoms with Crippen molar-refractivity contribution in [2.75, 3.05) is 18.4 Å². The van der Waals surface area contributed by atoms with Crippen molar-refractivity contribution in [2.24, 2.45) is 0 Å². The molecule has 4 rings (SSSR count). The first-order chi connectivity index (χ1) is 14.4. The molecule has 2 heterocycles. The molecule has 5 nitrogen and oxygen atoms in total. The summed E-state index contributed by atoms with van der Waals surface area (Å²) in [5.74, 6) is -1.45. The average molecular weight is 427 g/mol. The molecule has 1 saturated heterocycles. The van der Waals surface area contributed by atoms with Crippen LogP contribution in [0.2, 0.25) is 0 Å². The first kappa shape index (κ1) is 20.5. The number of carbonyl (C=O) groups is 2. The smallest absolute Gasteiger partial charge is 0.346 e. The maximum absolute atomic E-state index is 13.7. The average Bonchev–Trinajstić information content (AvgIpc) is 3.30. The number of nitrogens with one attached hydrogen (secondary N) is 1. The Morgan fingerprint density at radius 3 is 2.83 bits per heavy atom. The predicted molar refractivity (Wildman–Crippen MR) is 117 cm³/mol. The summed E-state index contributed by atoms with van der Waals surface area (Å²) in [5, 5.41) is 13.4. The Balaban J connectivity index is 1.50. The zero-order valence-electron chi connectivity index (χ0n) is 16.7. The largest absolute Gasteiger partial charge is 0.477 e. The molecular weight excluding hydrogens is 403 g/mol. The number of carboxylic acid groups (broad SMARTS) is 1. The van der Waals surface area contributed by atoms with Gasteiger partial charge in [-0.2, -0.15) is 0 Å². The molecule has 2 aromatic carbocycles. The van der Waals surface area contributed by atoms with Crippen molar-refractivity contribution in [1.82, 2.24) is 4.90 Å². The molecule has 0 aliphatic carbocycles. The monoisotopic (exact) mass is 426 g/mol. The summed E-state index contributed by atoms with van der Waals surface area (Å²) in [5.41, 5.74) is 1.74. The van der Waals surface area contributed by atoms with Crippen LogP contribution in [0.4, 0.5) is 10.1 Å². The molecular formula is C23H23FN2O3S. The third-order valence-electron chi connectivity index (χ3n) is 5.72. The quantitative estimate of drug-likeness (QED) is 0.600. The van der Waals surface area contributed by atoms with Crippen molar-refractivity contribution in [3.8, 4) is 0 Å². The summed E-state index contributed by atoms with van der Waals surface area (Å²) in [7, 11) is 0. The molecule has 2 N–H and O–H groups in total.